The number of ether oxygens (including phenoxy) is 3. The molecule has 3 atom stereocenters. The number of carbonyl (C=O) groups is 1. The van der Waals surface area contributed by atoms with Gasteiger partial charge in [0.1, 0.15) is 6.61 Å². The number of esters is 1. The molecule has 0 heterocycles. The van der Waals surface area contributed by atoms with Gasteiger partial charge in [-0.15, -0.1) is 0 Å². The van der Waals surface area contributed by atoms with Crippen molar-refractivity contribution in [1.82, 2.24) is 0 Å². The summed E-state index contributed by atoms with van der Waals surface area (Å²) in [6.45, 7) is 7.11. The van der Waals surface area contributed by atoms with Crippen molar-refractivity contribution in [1.29, 1.82) is 0 Å². The first-order valence-electron chi connectivity index (χ1n) is 16.6. The van der Waals surface area contributed by atoms with Crippen LogP contribution in [0.15, 0.2) is 30.3 Å². The summed E-state index contributed by atoms with van der Waals surface area (Å²) >= 11 is 2.05. The van der Waals surface area contributed by atoms with Crippen molar-refractivity contribution in [2.45, 2.75) is 153 Å². The number of unbranched alkanes of at least 4 members (excludes halogenated alkanes) is 13. The lowest BCUT2D eigenvalue weighted by Crippen LogP contribution is -2.37. The highest BCUT2D eigenvalue weighted by molar-refractivity contribution is 7.99. The minimum atomic E-state index is -2.51. The molecule has 1 N–H and O–H groups in total. The van der Waals surface area contributed by atoms with Crippen molar-refractivity contribution >= 4 is 26.2 Å². The summed E-state index contributed by atoms with van der Waals surface area (Å²) in [5, 5.41) is 10.8. The first kappa shape index (κ1) is 39.0. The zero-order chi connectivity index (χ0) is 30.7. The van der Waals surface area contributed by atoms with Gasteiger partial charge in [-0.2, -0.15) is 11.8 Å². The summed E-state index contributed by atoms with van der Waals surface area (Å²) < 4.78 is 28.1. The SMILES string of the molecule is CCCCCCCCCCCCSC(CCCCCCC)C(C)OCCCOC(O)(P=O)C(=O)OCc1ccccc1. The smallest absolute Gasteiger partial charge is 0.380 e. The topological polar surface area (TPSA) is 82.1 Å². The van der Waals surface area contributed by atoms with E-state index in [0.29, 0.717) is 18.3 Å². The molecular weight excluding hydrogens is 567 g/mol. The van der Waals surface area contributed by atoms with Crippen LogP contribution in [0.1, 0.15) is 135 Å². The summed E-state index contributed by atoms with van der Waals surface area (Å²) in [4.78, 5) is 12.3. The van der Waals surface area contributed by atoms with Crippen molar-refractivity contribution < 1.29 is 28.7 Å². The highest BCUT2D eigenvalue weighted by Crippen LogP contribution is 2.26. The van der Waals surface area contributed by atoms with E-state index in [1.165, 1.54) is 102 Å². The normalized spacial score (nSPS) is 14.5. The van der Waals surface area contributed by atoms with Crippen LogP contribution in [0, 0.1) is 0 Å². The van der Waals surface area contributed by atoms with Crippen LogP contribution in [0.5, 0.6) is 0 Å². The van der Waals surface area contributed by atoms with Gasteiger partial charge < -0.3 is 19.3 Å². The van der Waals surface area contributed by atoms with E-state index in [0.717, 1.165) is 12.0 Å². The Balaban J connectivity index is 2.33. The standard InChI is InChI=1S/C34H59O6PS/c1-4-6-8-10-11-12-13-14-16-21-28-42-32(25-20-15-9-7-5-2)30(3)38-26-22-27-40-34(36,41-37)33(35)39-29-31-23-18-17-19-24-31/h17-19,23-24,30,32,36H,4-16,20-22,25-29H2,1-3H3. The van der Waals surface area contributed by atoms with Crippen LogP contribution in [0.4, 0.5) is 0 Å². The van der Waals surface area contributed by atoms with Crippen LogP contribution in [-0.4, -0.2) is 46.9 Å². The van der Waals surface area contributed by atoms with E-state index in [9.17, 15) is 14.5 Å². The molecule has 0 aromatic heterocycles. The fourth-order valence-electron chi connectivity index (χ4n) is 4.82. The average Bonchev–Trinajstić information content (AvgIpc) is 3.01. The second-order valence-electron chi connectivity index (χ2n) is 11.3. The van der Waals surface area contributed by atoms with Gasteiger partial charge in [-0.25, -0.2) is 4.79 Å². The molecule has 0 bridgehead atoms. The lowest BCUT2D eigenvalue weighted by Gasteiger charge is -2.24. The fraction of sp³-hybridized carbons (Fsp3) is 0.794. The predicted molar refractivity (Wildman–Crippen MR) is 176 cm³/mol. The molecule has 3 unspecified atom stereocenters. The molecule has 1 rings (SSSR count). The van der Waals surface area contributed by atoms with E-state index < -0.39 is 20.0 Å². The largest absolute Gasteiger partial charge is 0.456 e. The molecule has 1 aromatic rings. The summed E-state index contributed by atoms with van der Waals surface area (Å²) in [7, 11) is -0.850. The number of aliphatic hydroxyl groups is 1. The van der Waals surface area contributed by atoms with E-state index in [1.54, 1.807) is 12.1 Å². The maximum absolute atomic E-state index is 12.3. The van der Waals surface area contributed by atoms with Crippen LogP contribution in [0.3, 0.4) is 0 Å². The van der Waals surface area contributed by atoms with Crippen LogP contribution in [0.2, 0.25) is 0 Å². The first-order chi connectivity index (χ1) is 20.5. The summed E-state index contributed by atoms with van der Waals surface area (Å²) in [6, 6.07) is 9.11. The van der Waals surface area contributed by atoms with Crippen molar-refractivity contribution in [2.24, 2.45) is 0 Å². The van der Waals surface area contributed by atoms with Gasteiger partial charge in [0.15, 0.2) is 0 Å². The van der Waals surface area contributed by atoms with Crippen LogP contribution in [-0.2, 0) is 30.2 Å². The molecule has 0 aliphatic rings. The Morgan fingerprint density at radius 1 is 0.833 bits per heavy atom. The van der Waals surface area contributed by atoms with Crippen LogP contribution >= 0.6 is 20.2 Å². The molecule has 6 nitrogen and oxygen atoms in total. The molecule has 0 aliphatic carbocycles. The van der Waals surface area contributed by atoms with Gasteiger partial charge in [-0.05, 0) is 37.5 Å². The zero-order valence-electron chi connectivity index (χ0n) is 26.7. The Kier molecular flexibility index (Phi) is 24.6. The summed E-state index contributed by atoms with van der Waals surface area (Å²) in [5.74, 6) is 0.108. The van der Waals surface area contributed by atoms with Crippen molar-refractivity contribution in [3.8, 4) is 0 Å². The number of benzene rings is 1. The lowest BCUT2D eigenvalue weighted by atomic mass is 10.1. The van der Waals surface area contributed by atoms with Gasteiger partial charge in [-0.3, -0.25) is 4.57 Å². The molecular formula is C34H59O6PS. The van der Waals surface area contributed by atoms with Gasteiger partial charge in [0.2, 0.25) is 8.46 Å². The quantitative estimate of drug-likeness (QED) is 0.0410. The number of hydrogen-bond donors (Lipinski definition) is 1. The number of thioether (sulfide) groups is 1. The Hall–Kier alpha value is -0.980. The minimum absolute atomic E-state index is 0.0296. The van der Waals surface area contributed by atoms with Gasteiger partial charge in [-0.1, -0.05) is 134 Å². The third kappa shape index (κ3) is 19.3. The summed E-state index contributed by atoms with van der Waals surface area (Å²) in [6.07, 6.45) is 21.6. The zero-order valence-corrected chi connectivity index (χ0v) is 28.4. The maximum Gasteiger partial charge on any atom is 0.380 e. The predicted octanol–water partition coefficient (Wildman–Crippen LogP) is 9.86. The van der Waals surface area contributed by atoms with E-state index in [4.69, 9.17) is 14.2 Å². The van der Waals surface area contributed by atoms with Gasteiger partial charge in [0.25, 0.3) is 0 Å². The molecule has 0 spiro atoms. The monoisotopic (exact) mass is 626 g/mol. The fourth-order valence-corrected chi connectivity index (χ4v) is 6.46. The number of rotatable bonds is 29. The highest BCUT2D eigenvalue weighted by atomic mass is 32.2. The maximum atomic E-state index is 12.3. The Bertz CT molecular complexity index is 783. The van der Waals surface area contributed by atoms with Gasteiger partial charge in [0.05, 0.1) is 12.7 Å². The van der Waals surface area contributed by atoms with E-state index >= 15 is 0 Å². The van der Waals surface area contributed by atoms with E-state index in [1.807, 2.05) is 18.2 Å². The molecule has 0 fully saturated rings. The van der Waals surface area contributed by atoms with Crippen LogP contribution < -0.4 is 0 Å². The lowest BCUT2D eigenvalue weighted by molar-refractivity contribution is -0.197. The minimum Gasteiger partial charge on any atom is -0.456 e. The van der Waals surface area contributed by atoms with Gasteiger partial charge in [0, 0.05) is 11.9 Å². The first-order valence-corrected chi connectivity index (χ1v) is 18.5. The summed E-state index contributed by atoms with van der Waals surface area (Å²) in [5.41, 5.74) is -1.74. The molecule has 0 saturated heterocycles. The third-order valence-corrected chi connectivity index (χ3v) is 9.65. The molecule has 8 heteroatoms. The third-order valence-electron chi connectivity index (χ3n) is 7.52. The number of hydrogen-bond acceptors (Lipinski definition) is 7. The Morgan fingerprint density at radius 2 is 1.40 bits per heavy atom. The Morgan fingerprint density at radius 3 is 2.00 bits per heavy atom. The van der Waals surface area contributed by atoms with E-state index in [2.05, 4.69) is 32.5 Å². The molecule has 42 heavy (non-hydrogen) atoms. The second kappa shape index (κ2) is 26.4. The molecule has 0 saturated carbocycles. The second-order valence-corrected chi connectivity index (χ2v) is 13.5. The van der Waals surface area contributed by atoms with Gasteiger partial charge >= 0.3 is 11.5 Å². The average molecular weight is 627 g/mol. The van der Waals surface area contributed by atoms with Crippen molar-refractivity contribution in [3.63, 3.8) is 0 Å². The number of carbonyl (C=O) groups excluding carboxylic acids is 1. The Labute approximate surface area is 262 Å². The van der Waals surface area contributed by atoms with Crippen LogP contribution in [0.25, 0.3) is 0 Å². The molecule has 242 valence electrons. The van der Waals surface area contributed by atoms with E-state index in [-0.39, 0.29) is 19.3 Å². The molecule has 0 amide bonds. The highest BCUT2D eigenvalue weighted by Gasteiger charge is 2.41. The molecule has 1 aromatic carbocycles. The van der Waals surface area contributed by atoms with Crippen molar-refractivity contribution in [2.75, 3.05) is 19.0 Å². The molecule has 0 radical (unpaired) electrons. The molecule has 0 aliphatic heterocycles. The van der Waals surface area contributed by atoms with Crippen molar-refractivity contribution in [3.05, 3.63) is 35.9 Å².